The van der Waals surface area contributed by atoms with E-state index in [4.69, 9.17) is 0 Å². The van der Waals surface area contributed by atoms with Gasteiger partial charge in [0.25, 0.3) is 0 Å². The van der Waals surface area contributed by atoms with Gasteiger partial charge < -0.3 is 4.79 Å². The fourth-order valence-electron chi connectivity index (χ4n) is 2.29. The maximum atomic E-state index is 11.3. The van der Waals surface area contributed by atoms with Gasteiger partial charge in [-0.1, -0.05) is 11.4 Å². The van der Waals surface area contributed by atoms with Gasteiger partial charge in [-0.2, -0.15) is 0 Å². The normalized spacial score (nSPS) is 31.4. The Hall–Kier alpha value is -0.770. The maximum Gasteiger partial charge on any atom is 0.126 e. The molecule has 0 saturated heterocycles. The largest absolute Gasteiger partial charge is 0.303 e. The van der Waals surface area contributed by atoms with Crippen molar-refractivity contribution in [2.24, 2.45) is 11.3 Å². The van der Waals surface area contributed by atoms with Crippen LogP contribution >= 0.6 is 11.5 Å². The van der Waals surface area contributed by atoms with Crippen molar-refractivity contribution in [3.63, 3.8) is 0 Å². The van der Waals surface area contributed by atoms with Crippen molar-refractivity contribution in [3.05, 3.63) is 11.1 Å². The van der Waals surface area contributed by atoms with Crippen LogP contribution in [0.1, 0.15) is 37.5 Å². The summed E-state index contributed by atoms with van der Waals surface area (Å²) < 4.78 is 3.84. The van der Waals surface area contributed by atoms with E-state index >= 15 is 0 Å². The Bertz CT molecular complexity index is 315. The molecule has 0 radical (unpaired) electrons. The van der Waals surface area contributed by atoms with E-state index in [1.165, 1.54) is 30.7 Å². The van der Waals surface area contributed by atoms with E-state index in [9.17, 15) is 4.79 Å². The van der Waals surface area contributed by atoms with E-state index in [1.54, 1.807) is 6.20 Å². The summed E-state index contributed by atoms with van der Waals surface area (Å²) in [5.74, 6) is 0.776. The van der Waals surface area contributed by atoms with Gasteiger partial charge in [0.05, 0.1) is 6.20 Å². The van der Waals surface area contributed by atoms with Gasteiger partial charge in [0.1, 0.15) is 6.29 Å². The van der Waals surface area contributed by atoms with Crippen LogP contribution in [0, 0.1) is 11.3 Å². The van der Waals surface area contributed by atoms with Crippen molar-refractivity contribution >= 4 is 17.8 Å². The zero-order valence-corrected chi connectivity index (χ0v) is 9.80. The third kappa shape index (κ3) is 2.43. The number of aldehydes is 1. The molecule has 0 spiro atoms. The summed E-state index contributed by atoms with van der Waals surface area (Å²) in [7, 11) is 0. The summed E-state index contributed by atoms with van der Waals surface area (Å²) in [5.41, 5.74) is -0.124. The van der Waals surface area contributed by atoms with Crippen LogP contribution in [0.4, 0.5) is 0 Å². The predicted molar refractivity (Wildman–Crippen MR) is 59.7 cm³/mol. The molecular formula is C11H16N2OS. The molecule has 1 heterocycles. The highest BCUT2D eigenvalue weighted by Gasteiger charge is 2.34. The molecule has 0 atom stereocenters. The third-order valence-corrected chi connectivity index (χ3v) is 4.11. The highest BCUT2D eigenvalue weighted by molar-refractivity contribution is 7.05. The van der Waals surface area contributed by atoms with Crippen LogP contribution in [0.2, 0.25) is 0 Å². The summed E-state index contributed by atoms with van der Waals surface area (Å²) in [6, 6.07) is 0. The molecule has 1 aliphatic carbocycles. The lowest BCUT2D eigenvalue weighted by Gasteiger charge is -2.34. The lowest BCUT2D eigenvalue weighted by Crippen LogP contribution is -2.30. The summed E-state index contributed by atoms with van der Waals surface area (Å²) in [6.45, 7) is 2.27. The van der Waals surface area contributed by atoms with E-state index < -0.39 is 0 Å². The molecule has 1 saturated carbocycles. The molecule has 3 nitrogen and oxygen atoms in total. The molecule has 0 aromatic carbocycles. The highest BCUT2D eigenvalue weighted by atomic mass is 32.1. The van der Waals surface area contributed by atoms with Gasteiger partial charge in [-0.15, -0.1) is 5.10 Å². The van der Waals surface area contributed by atoms with Crippen LogP contribution in [0.3, 0.4) is 0 Å². The Morgan fingerprint density at radius 3 is 2.87 bits per heavy atom. The Morgan fingerprint density at radius 1 is 1.60 bits per heavy atom. The zero-order valence-electron chi connectivity index (χ0n) is 8.98. The first-order chi connectivity index (χ1) is 7.24. The fraction of sp³-hybridized carbons (Fsp3) is 0.727. The molecule has 2 rings (SSSR count). The second-order valence-electron chi connectivity index (χ2n) is 4.72. The monoisotopic (exact) mass is 224 g/mol. The Labute approximate surface area is 94.1 Å². The molecule has 1 aromatic heterocycles. The lowest BCUT2D eigenvalue weighted by molar-refractivity contribution is -0.118. The minimum atomic E-state index is -0.124. The standard InChI is InChI=1S/C11H16N2OS/c1-9-2-4-11(8-14,5-3-9)6-10-7-12-13-15-10/h7-9H,2-6H2,1H3. The molecule has 1 fully saturated rings. The number of carbonyl (C=O) groups excluding carboxylic acids is 1. The third-order valence-electron chi connectivity index (χ3n) is 3.45. The van der Waals surface area contributed by atoms with Crippen molar-refractivity contribution in [1.29, 1.82) is 0 Å². The molecule has 1 aromatic rings. The molecule has 82 valence electrons. The second kappa shape index (κ2) is 4.39. The highest BCUT2D eigenvalue weighted by Crippen LogP contribution is 2.40. The van der Waals surface area contributed by atoms with Gasteiger partial charge in [-0.05, 0) is 49.6 Å². The summed E-state index contributed by atoms with van der Waals surface area (Å²) in [4.78, 5) is 12.4. The number of nitrogens with zero attached hydrogens (tertiary/aromatic N) is 2. The quantitative estimate of drug-likeness (QED) is 0.741. The van der Waals surface area contributed by atoms with Crippen LogP contribution in [0.15, 0.2) is 6.20 Å². The van der Waals surface area contributed by atoms with Crippen LogP contribution in [-0.4, -0.2) is 15.9 Å². The molecule has 0 bridgehead atoms. The van der Waals surface area contributed by atoms with Gasteiger partial charge in [-0.25, -0.2) is 0 Å². The molecule has 15 heavy (non-hydrogen) atoms. The zero-order chi connectivity index (χ0) is 10.7. The summed E-state index contributed by atoms with van der Waals surface area (Å²) in [6.07, 6.45) is 8.18. The van der Waals surface area contributed by atoms with Gasteiger partial charge in [0.15, 0.2) is 0 Å². The smallest absolute Gasteiger partial charge is 0.126 e. The van der Waals surface area contributed by atoms with Crippen LogP contribution in [0.25, 0.3) is 0 Å². The molecule has 4 heteroatoms. The summed E-state index contributed by atoms with van der Waals surface area (Å²) in [5, 5.41) is 3.82. The Kier molecular flexibility index (Phi) is 3.14. The molecule has 1 aliphatic rings. The van der Waals surface area contributed by atoms with Crippen LogP contribution in [-0.2, 0) is 11.2 Å². The van der Waals surface area contributed by atoms with E-state index in [1.807, 2.05) is 0 Å². The van der Waals surface area contributed by atoms with Crippen molar-refractivity contribution in [2.75, 3.05) is 0 Å². The predicted octanol–water partition coefficient (Wildman–Crippen LogP) is 2.48. The molecular weight excluding hydrogens is 208 g/mol. The number of aromatic nitrogens is 2. The van der Waals surface area contributed by atoms with E-state index in [0.717, 1.165) is 30.1 Å². The number of rotatable bonds is 3. The first-order valence-corrected chi connectivity index (χ1v) is 6.24. The Balaban J connectivity index is 2.06. The number of carbonyl (C=O) groups is 1. The van der Waals surface area contributed by atoms with Crippen molar-refractivity contribution < 1.29 is 4.79 Å². The minimum absolute atomic E-state index is 0.124. The van der Waals surface area contributed by atoms with Gasteiger partial charge in [0, 0.05) is 10.3 Å². The van der Waals surface area contributed by atoms with E-state index in [-0.39, 0.29) is 5.41 Å². The maximum absolute atomic E-state index is 11.3. The fourth-order valence-corrected chi connectivity index (χ4v) is 2.93. The van der Waals surface area contributed by atoms with Crippen LogP contribution < -0.4 is 0 Å². The second-order valence-corrected chi connectivity index (χ2v) is 5.59. The number of hydrogen-bond donors (Lipinski definition) is 0. The van der Waals surface area contributed by atoms with Crippen molar-refractivity contribution in [1.82, 2.24) is 9.59 Å². The van der Waals surface area contributed by atoms with Crippen molar-refractivity contribution in [2.45, 2.75) is 39.0 Å². The van der Waals surface area contributed by atoms with Gasteiger partial charge >= 0.3 is 0 Å². The van der Waals surface area contributed by atoms with Crippen molar-refractivity contribution in [3.8, 4) is 0 Å². The molecule has 0 unspecified atom stereocenters. The van der Waals surface area contributed by atoms with E-state index in [2.05, 4.69) is 16.5 Å². The van der Waals surface area contributed by atoms with E-state index in [0.29, 0.717) is 0 Å². The first kappa shape index (κ1) is 10.7. The summed E-state index contributed by atoms with van der Waals surface area (Å²) >= 11 is 1.41. The SMILES string of the molecule is CC1CCC(C=O)(Cc2cnns2)CC1. The molecule has 0 aliphatic heterocycles. The average molecular weight is 224 g/mol. The minimum Gasteiger partial charge on any atom is -0.303 e. The van der Waals surface area contributed by atoms with Gasteiger partial charge in [0.2, 0.25) is 0 Å². The molecule has 0 amide bonds. The average Bonchev–Trinajstić information content (AvgIpc) is 2.75. The lowest BCUT2D eigenvalue weighted by atomic mass is 9.70. The van der Waals surface area contributed by atoms with Crippen LogP contribution in [0.5, 0.6) is 0 Å². The topological polar surface area (TPSA) is 42.9 Å². The number of hydrogen-bond acceptors (Lipinski definition) is 4. The Morgan fingerprint density at radius 2 is 2.33 bits per heavy atom. The molecule has 0 N–H and O–H groups in total. The first-order valence-electron chi connectivity index (χ1n) is 5.47. The van der Waals surface area contributed by atoms with Gasteiger partial charge in [-0.3, -0.25) is 0 Å².